The molecule has 6 nitrogen and oxygen atoms in total. The number of carbonyl (C=O) groups is 1. The third kappa shape index (κ3) is 6.97. The molecule has 0 saturated heterocycles. The molecular weight excluding hydrogens is 282 g/mol. The molecule has 0 unspecified atom stereocenters. The van der Waals surface area contributed by atoms with E-state index in [9.17, 15) is 4.79 Å². The van der Waals surface area contributed by atoms with Crippen LogP contribution in [-0.4, -0.2) is 25.5 Å². The zero-order valence-electron chi connectivity index (χ0n) is 13.5. The van der Waals surface area contributed by atoms with Gasteiger partial charge in [0, 0.05) is 18.5 Å². The van der Waals surface area contributed by atoms with Gasteiger partial charge < -0.3 is 20.6 Å². The highest BCUT2D eigenvalue weighted by molar-refractivity contribution is 5.80. The number of carbonyl (C=O) groups excluding carboxylic acids is 1. The molecule has 1 rings (SSSR count). The highest BCUT2D eigenvalue weighted by Gasteiger charge is 2.05. The Labute approximate surface area is 131 Å². The highest BCUT2D eigenvalue weighted by Crippen LogP contribution is 2.16. The second-order valence-corrected chi connectivity index (χ2v) is 5.38. The lowest BCUT2D eigenvalue weighted by atomic mass is 10.1. The molecule has 1 amide bonds. The highest BCUT2D eigenvalue weighted by atomic mass is 16.6. The van der Waals surface area contributed by atoms with Crippen molar-refractivity contribution in [2.75, 3.05) is 13.7 Å². The van der Waals surface area contributed by atoms with Crippen LogP contribution in [0.5, 0.6) is 5.75 Å². The topological polar surface area (TPSA) is 85.9 Å². The predicted molar refractivity (Wildman–Crippen MR) is 86.5 cm³/mol. The molecule has 22 heavy (non-hydrogen) atoms. The van der Waals surface area contributed by atoms with Gasteiger partial charge in [-0.25, -0.2) is 0 Å². The Balaban J connectivity index is 2.30. The standard InChI is InChI=1S/C16H25N3O3/c1-12(2)8-9-15(17)19-22-11-16(20)18-10-13-6-4-5-7-14(13)21-3/h4-7,12H,8-11H2,1-3H3,(H2,17,19)(H,18,20). The molecule has 0 saturated carbocycles. The minimum atomic E-state index is -0.258. The summed E-state index contributed by atoms with van der Waals surface area (Å²) in [6.07, 6.45) is 1.61. The van der Waals surface area contributed by atoms with Crippen molar-refractivity contribution in [2.24, 2.45) is 16.8 Å². The molecule has 0 heterocycles. The Morgan fingerprint density at radius 1 is 1.36 bits per heavy atom. The molecule has 0 aromatic heterocycles. The molecule has 0 aliphatic carbocycles. The zero-order valence-corrected chi connectivity index (χ0v) is 13.5. The van der Waals surface area contributed by atoms with E-state index in [1.165, 1.54) is 0 Å². The molecular formula is C16H25N3O3. The molecule has 1 aromatic carbocycles. The largest absolute Gasteiger partial charge is 0.496 e. The fraction of sp³-hybridized carbons (Fsp3) is 0.500. The number of amidine groups is 1. The summed E-state index contributed by atoms with van der Waals surface area (Å²) in [4.78, 5) is 16.6. The SMILES string of the molecule is COc1ccccc1CNC(=O)CO/N=C(\N)CCC(C)C. The van der Waals surface area contributed by atoms with Crippen LogP contribution in [0.25, 0.3) is 0 Å². The third-order valence-electron chi connectivity index (χ3n) is 3.02. The molecule has 6 heteroatoms. The average Bonchev–Trinajstić information content (AvgIpc) is 2.51. The van der Waals surface area contributed by atoms with E-state index in [0.717, 1.165) is 17.7 Å². The van der Waals surface area contributed by atoms with Crippen LogP contribution in [0.2, 0.25) is 0 Å². The van der Waals surface area contributed by atoms with Gasteiger partial charge in [-0.05, 0) is 18.4 Å². The van der Waals surface area contributed by atoms with Crippen molar-refractivity contribution in [1.82, 2.24) is 5.32 Å². The number of nitrogens with one attached hydrogen (secondary N) is 1. The maximum Gasteiger partial charge on any atom is 0.261 e. The van der Waals surface area contributed by atoms with Gasteiger partial charge in [0.25, 0.3) is 5.91 Å². The number of benzene rings is 1. The van der Waals surface area contributed by atoms with Crippen molar-refractivity contribution in [3.8, 4) is 5.75 Å². The van der Waals surface area contributed by atoms with Gasteiger partial charge in [-0.15, -0.1) is 0 Å². The van der Waals surface area contributed by atoms with Crippen molar-refractivity contribution in [3.63, 3.8) is 0 Å². The van der Waals surface area contributed by atoms with Crippen LogP contribution in [0.3, 0.4) is 0 Å². The number of amides is 1. The Kier molecular flexibility index (Phi) is 7.81. The number of hydrogen-bond donors (Lipinski definition) is 2. The summed E-state index contributed by atoms with van der Waals surface area (Å²) in [6, 6.07) is 7.50. The number of hydrogen-bond acceptors (Lipinski definition) is 4. The second kappa shape index (κ2) is 9.65. The van der Waals surface area contributed by atoms with Gasteiger partial charge in [-0.2, -0.15) is 0 Å². The minimum Gasteiger partial charge on any atom is -0.496 e. The van der Waals surface area contributed by atoms with Crippen LogP contribution in [0.1, 0.15) is 32.3 Å². The minimum absolute atomic E-state index is 0.155. The number of para-hydroxylation sites is 1. The number of rotatable bonds is 9. The monoisotopic (exact) mass is 307 g/mol. The maximum absolute atomic E-state index is 11.7. The third-order valence-corrected chi connectivity index (χ3v) is 3.02. The quantitative estimate of drug-likeness (QED) is 0.415. The van der Waals surface area contributed by atoms with Gasteiger partial charge in [-0.3, -0.25) is 4.79 Å². The average molecular weight is 307 g/mol. The Hall–Kier alpha value is -2.24. The molecule has 3 N–H and O–H groups in total. The molecule has 1 aromatic rings. The smallest absolute Gasteiger partial charge is 0.261 e. The van der Waals surface area contributed by atoms with Gasteiger partial charge in [0.2, 0.25) is 0 Å². The second-order valence-electron chi connectivity index (χ2n) is 5.38. The van der Waals surface area contributed by atoms with E-state index in [0.29, 0.717) is 24.7 Å². The first kappa shape index (κ1) is 17.8. The molecule has 0 fully saturated rings. The van der Waals surface area contributed by atoms with E-state index in [2.05, 4.69) is 24.3 Å². The van der Waals surface area contributed by atoms with Gasteiger partial charge >= 0.3 is 0 Å². The summed E-state index contributed by atoms with van der Waals surface area (Å²) in [7, 11) is 1.60. The van der Waals surface area contributed by atoms with Crippen LogP contribution in [-0.2, 0) is 16.2 Å². The van der Waals surface area contributed by atoms with Crippen LogP contribution in [0, 0.1) is 5.92 Å². The lowest BCUT2D eigenvalue weighted by Gasteiger charge is -2.09. The summed E-state index contributed by atoms with van der Waals surface area (Å²) in [6.45, 7) is 4.44. The first-order valence-corrected chi connectivity index (χ1v) is 7.35. The molecule has 0 aliphatic heterocycles. The Morgan fingerprint density at radius 2 is 2.09 bits per heavy atom. The van der Waals surface area contributed by atoms with Crippen LogP contribution in [0.4, 0.5) is 0 Å². The van der Waals surface area contributed by atoms with Crippen molar-refractivity contribution in [2.45, 2.75) is 33.2 Å². The normalized spacial score (nSPS) is 11.4. The number of methoxy groups -OCH3 is 1. The number of nitrogens with two attached hydrogens (primary N) is 1. The predicted octanol–water partition coefficient (Wildman–Crippen LogP) is 2.04. The van der Waals surface area contributed by atoms with Gasteiger partial charge in [0.05, 0.1) is 7.11 Å². The van der Waals surface area contributed by atoms with E-state index >= 15 is 0 Å². The lowest BCUT2D eigenvalue weighted by molar-refractivity contribution is -0.125. The summed E-state index contributed by atoms with van der Waals surface area (Å²) < 4.78 is 5.22. The molecule has 122 valence electrons. The summed E-state index contributed by atoms with van der Waals surface area (Å²) in [5.74, 6) is 1.44. The van der Waals surface area contributed by atoms with Crippen molar-refractivity contribution in [3.05, 3.63) is 29.8 Å². The summed E-state index contributed by atoms with van der Waals surface area (Å²) in [5, 5.41) is 6.48. The molecule has 0 aliphatic rings. The molecule has 0 radical (unpaired) electrons. The van der Waals surface area contributed by atoms with E-state index in [4.69, 9.17) is 15.3 Å². The Bertz CT molecular complexity index is 501. The Morgan fingerprint density at radius 3 is 2.77 bits per heavy atom. The fourth-order valence-corrected chi connectivity index (χ4v) is 1.75. The van der Waals surface area contributed by atoms with Crippen molar-refractivity contribution < 1.29 is 14.4 Å². The van der Waals surface area contributed by atoms with Crippen LogP contribution >= 0.6 is 0 Å². The lowest BCUT2D eigenvalue weighted by Crippen LogP contribution is -2.27. The molecule has 0 spiro atoms. The molecule has 0 atom stereocenters. The summed E-state index contributed by atoms with van der Waals surface area (Å²) >= 11 is 0. The first-order valence-electron chi connectivity index (χ1n) is 7.35. The van der Waals surface area contributed by atoms with E-state index < -0.39 is 0 Å². The van der Waals surface area contributed by atoms with E-state index in [1.54, 1.807) is 7.11 Å². The summed E-state index contributed by atoms with van der Waals surface area (Å²) in [5.41, 5.74) is 6.59. The first-order chi connectivity index (χ1) is 10.5. The van der Waals surface area contributed by atoms with E-state index in [-0.39, 0.29) is 12.5 Å². The zero-order chi connectivity index (χ0) is 16.4. The number of oxime groups is 1. The van der Waals surface area contributed by atoms with Crippen LogP contribution in [0.15, 0.2) is 29.4 Å². The van der Waals surface area contributed by atoms with Gasteiger partial charge in [-0.1, -0.05) is 37.2 Å². The van der Waals surface area contributed by atoms with Crippen molar-refractivity contribution in [1.29, 1.82) is 0 Å². The number of ether oxygens (including phenoxy) is 1. The maximum atomic E-state index is 11.7. The van der Waals surface area contributed by atoms with E-state index in [1.807, 2.05) is 24.3 Å². The molecule has 0 bridgehead atoms. The van der Waals surface area contributed by atoms with Crippen molar-refractivity contribution >= 4 is 11.7 Å². The number of nitrogens with zero attached hydrogens (tertiary/aromatic N) is 1. The fourth-order valence-electron chi connectivity index (χ4n) is 1.75. The van der Waals surface area contributed by atoms with Gasteiger partial charge in [0.1, 0.15) is 11.6 Å². The van der Waals surface area contributed by atoms with Crippen LogP contribution < -0.4 is 15.8 Å². The van der Waals surface area contributed by atoms with Gasteiger partial charge in [0.15, 0.2) is 6.61 Å².